The summed E-state index contributed by atoms with van der Waals surface area (Å²) in [7, 11) is 0. The quantitative estimate of drug-likeness (QED) is 0.887. The van der Waals surface area contributed by atoms with Gasteiger partial charge in [0.1, 0.15) is 6.04 Å². The van der Waals surface area contributed by atoms with Gasteiger partial charge in [0.05, 0.1) is 12.1 Å². The van der Waals surface area contributed by atoms with E-state index in [1.807, 2.05) is 37.3 Å². The number of hydrogen-bond acceptors (Lipinski definition) is 3. The van der Waals surface area contributed by atoms with E-state index in [9.17, 15) is 9.59 Å². The minimum Gasteiger partial charge on any atom is -0.348 e. The van der Waals surface area contributed by atoms with E-state index in [-0.39, 0.29) is 29.9 Å². The van der Waals surface area contributed by atoms with E-state index >= 15 is 0 Å². The van der Waals surface area contributed by atoms with E-state index in [2.05, 4.69) is 10.6 Å². The summed E-state index contributed by atoms with van der Waals surface area (Å²) in [5, 5.41) is 6.30. The molecule has 2 aliphatic rings. The summed E-state index contributed by atoms with van der Waals surface area (Å²) >= 11 is 0. The van der Waals surface area contributed by atoms with Crippen LogP contribution in [0.15, 0.2) is 30.3 Å². The molecule has 0 bridgehead atoms. The molecular weight excluding hydrogens is 290 g/mol. The van der Waals surface area contributed by atoms with Crippen LogP contribution in [0.4, 0.5) is 0 Å². The summed E-state index contributed by atoms with van der Waals surface area (Å²) < 4.78 is 0. The standard InChI is InChI=1S/C18H25N3O2/c1-13(14-7-3-2-4-8-14)20-17(22)16-10-6-12-21(16)18(23)15-9-5-11-19-15/h2-4,7-8,13,15-16,19H,5-6,9-12H2,1H3,(H,20,22)/t13-,15-,16-/m0/s1. The number of rotatable bonds is 4. The largest absolute Gasteiger partial charge is 0.348 e. The molecule has 0 aromatic heterocycles. The first-order chi connectivity index (χ1) is 11.2. The molecule has 2 amide bonds. The summed E-state index contributed by atoms with van der Waals surface area (Å²) in [6, 6.07) is 9.43. The molecule has 3 rings (SSSR count). The lowest BCUT2D eigenvalue weighted by Crippen LogP contribution is -2.51. The van der Waals surface area contributed by atoms with Crippen LogP contribution in [0.5, 0.6) is 0 Å². The van der Waals surface area contributed by atoms with Crippen LogP contribution in [0, 0.1) is 0 Å². The third-order valence-electron chi connectivity index (χ3n) is 4.86. The van der Waals surface area contributed by atoms with Gasteiger partial charge in [0.15, 0.2) is 0 Å². The van der Waals surface area contributed by atoms with E-state index in [4.69, 9.17) is 0 Å². The van der Waals surface area contributed by atoms with Crippen LogP contribution in [0.25, 0.3) is 0 Å². The van der Waals surface area contributed by atoms with E-state index in [1.54, 1.807) is 4.90 Å². The zero-order valence-corrected chi connectivity index (χ0v) is 13.6. The van der Waals surface area contributed by atoms with Crippen LogP contribution < -0.4 is 10.6 Å². The Balaban J connectivity index is 1.62. The molecule has 2 N–H and O–H groups in total. The van der Waals surface area contributed by atoms with Gasteiger partial charge >= 0.3 is 0 Å². The molecule has 2 aliphatic heterocycles. The van der Waals surface area contributed by atoms with Gasteiger partial charge in [-0.1, -0.05) is 30.3 Å². The molecule has 2 fully saturated rings. The average molecular weight is 315 g/mol. The normalized spacial score (nSPS) is 25.3. The first kappa shape index (κ1) is 16.0. The fourth-order valence-corrected chi connectivity index (χ4v) is 3.53. The Bertz CT molecular complexity index is 555. The molecule has 0 unspecified atom stereocenters. The lowest BCUT2D eigenvalue weighted by atomic mass is 10.1. The van der Waals surface area contributed by atoms with Crippen molar-refractivity contribution in [3.63, 3.8) is 0 Å². The third kappa shape index (κ3) is 3.55. The molecule has 1 aromatic carbocycles. The van der Waals surface area contributed by atoms with Crippen molar-refractivity contribution in [1.29, 1.82) is 0 Å². The molecule has 0 radical (unpaired) electrons. The van der Waals surface area contributed by atoms with Crippen LogP contribution in [0.1, 0.15) is 44.2 Å². The van der Waals surface area contributed by atoms with Crippen molar-refractivity contribution >= 4 is 11.8 Å². The molecule has 5 heteroatoms. The molecule has 3 atom stereocenters. The van der Waals surface area contributed by atoms with Gasteiger partial charge in [-0.3, -0.25) is 9.59 Å². The predicted molar refractivity (Wildman–Crippen MR) is 88.8 cm³/mol. The topological polar surface area (TPSA) is 61.4 Å². The van der Waals surface area contributed by atoms with Gasteiger partial charge in [0.25, 0.3) is 0 Å². The number of nitrogens with zero attached hydrogens (tertiary/aromatic N) is 1. The minimum atomic E-state index is -0.323. The monoisotopic (exact) mass is 315 g/mol. The molecule has 0 spiro atoms. The second kappa shape index (κ2) is 7.13. The van der Waals surface area contributed by atoms with Crippen molar-refractivity contribution in [1.82, 2.24) is 15.5 Å². The Labute approximate surface area is 137 Å². The van der Waals surface area contributed by atoms with Crippen molar-refractivity contribution in [2.75, 3.05) is 13.1 Å². The number of carbonyl (C=O) groups is 2. The highest BCUT2D eigenvalue weighted by atomic mass is 16.2. The number of carbonyl (C=O) groups excluding carboxylic acids is 2. The number of benzene rings is 1. The Morgan fingerprint density at radius 2 is 2.00 bits per heavy atom. The molecule has 23 heavy (non-hydrogen) atoms. The minimum absolute atomic E-state index is 0.0369. The first-order valence-electron chi connectivity index (χ1n) is 8.56. The molecule has 2 saturated heterocycles. The van der Waals surface area contributed by atoms with E-state index in [0.29, 0.717) is 6.54 Å². The Morgan fingerprint density at radius 1 is 1.22 bits per heavy atom. The highest BCUT2D eigenvalue weighted by Crippen LogP contribution is 2.22. The number of hydrogen-bond donors (Lipinski definition) is 2. The fourth-order valence-electron chi connectivity index (χ4n) is 3.53. The lowest BCUT2D eigenvalue weighted by Gasteiger charge is -2.28. The van der Waals surface area contributed by atoms with Crippen LogP contribution in [-0.2, 0) is 9.59 Å². The van der Waals surface area contributed by atoms with Gasteiger partial charge in [0, 0.05) is 6.54 Å². The molecule has 124 valence electrons. The molecule has 0 aliphatic carbocycles. The smallest absolute Gasteiger partial charge is 0.243 e. The Kier molecular flexibility index (Phi) is 4.96. The number of likely N-dealkylation sites (tertiary alicyclic amines) is 1. The number of nitrogens with one attached hydrogen (secondary N) is 2. The third-order valence-corrected chi connectivity index (χ3v) is 4.86. The lowest BCUT2D eigenvalue weighted by molar-refractivity contribution is -0.140. The predicted octanol–water partition coefficient (Wildman–Crippen LogP) is 1.61. The Hall–Kier alpha value is -1.88. The molecule has 1 aromatic rings. The van der Waals surface area contributed by atoms with E-state index in [1.165, 1.54) is 0 Å². The van der Waals surface area contributed by atoms with Crippen molar-refractivity contribution < 1.29 is 9.59 Å². The van der Waals surface area contributed by atoms with Crippen LogP contribution >= 0.6 is 0 Å². The number of amides is 2. The fraction of sp³-hybridized carbons (Fsp3) is 0.556. The van der Waals surface area contributed by atoms with Gasteiger partial charge in [-0.05, 0) is 44.7 Å². The zero-order valence-electron chi connectivity index (χ0n) is 13.6. The summed E-state index contributed by atoms with van der Waals surface area (Å²) in [5.41, 5.74) is 1.08. The molecule has 5 nitrogen and oxygen atoms in total. The van der Waals surface area contributed by atoms with Crippen LogP contribution in [0.2, 0.25) is 0 Å². The molecule has 0 saturated carbocycles. The summed E-state index contributed by atoms with van der Waals surface area (Å²) in [6.07, 6.45) is 3.57. The Morgan fingerprint density at radius 3 is 2.70 bits per heavy atom. The maximum Gasteiger partial charge on any atom is 0.243 e. The van der Waals surface area contributed by atoms with Gasteiger partial charge in [-0.2, -0.15) is 0 Å². The molecule has 2 heterocycles. The maximum absolute atomic E-state index is 12.6. The van der Waals surface area contributed by atoms with Gasteiger partial charge in [-0.25, -0.2) is 0 Å². The zero-order chi connectivity index (χ0) is 16.2. The average Bonchev–Trinajstić information content (AvgIpc) is 3.26. The van der Waals surface area contributed by atoms with Crippen LogP contribution in [-0.4, -0.2) is 41.9 Å². The van der Waals surface area contributed by atoms with Gasteiger partial charge in [0.2, 0.25) is 11.8 Å². The van der Waals surface area contributed by atoms with Gasteiger partial charge in [-0.15, -0.1) is 0 Å². The second-order valence-corrected chi connectivity index (χ2v) is 6.48. The summed E-state index contributed by atoms with van der Waals surface area (Å²) in [4.78, 5) is 27.0. The highest BCUT2D eigenvalue weighted by Gasteiger charge is 2.38. The maximum atomic E-state index is 12.6. The molecular formula is C18H25N3O2. The summed E-state index contributed by atoms with van der Waals surface area (Å²) in [6.45, 7) is 3.56. The second-order valence-electron chi connectivity index (χ2n) is 6.48. The van der Waals surface area contributed by atoms with Crippen LogP contribution in [0.3, 0.4) is 0 Å². The van der Waals surface area contributed by atoms with Crippen molar-refractivity contribution in [3.8, 4) is 0 Å². The first-order valence-corrected chi connectivity index (χ1v) is 8.56. The van der Waals surface area contributed by atoms with Crippen molar-refractivity contribution in [2.45, 2.75) is 50.7 Å². The van der Waals surface area contributed by atoms with E-state index < -0.39 is 0 Å². The SMILES string of the molecule is C[C@H](NC(=O)[C@@H]1CCCN1C(=O)[C@@H]1CCCN1)c1ccccc1. The van der Waals surface area contributed by atoms with Crippen molar-refractivity contribution in [2.24, 2.45) is 0 Å². The highest BCUT2D eigenvalue weighted by molar-refractivity contribution is 5.90. The summed E-state index contributed by atoms with van der Waals surface area (Å²) in [5.74, 6) is 0.0534. The van der Waals surface area contributed by atoms with Crippen molar-refractivity contribution in [3.05, 3.63) is 35.9 Å². The van der Waals surface area contributed by atoms with E-state index in [0.717, 1.165) is 37.8 Å². The van der Waals surface area contributed by atoms with Gasteiger partial charge < -0.3 is 15.5 Å².